The van der Waals surface area contributed by atoms with Crippen LogP contribution in [0, 0.1) is 0 Å². The van der Waals surface area contributed by atoms with Crippen LogP contribution in [0.5, 0.6) is 0 Å². The summed E-state index contributed by atoms with van der Waals surface area (Å²) in [5.74, 6) is -0.0173. The molecule has 0 bridgehead atoms. The molecule has 1 atom stereocenters. The molecule has 26 heavy (non-hydrogen) atoms. The second-order valence-electron chi connectivity index (χ2n) is 6.27. The topological polar surface area (TPSA) is 71.5 Å². The van der Waals surface area contributed by atoms with Crippen molar-refractivity contribution in [2.24, 2.45) is 0 Å². The molecule has 1 saturated heterocycles. The Morgan fingerprint density at radius 1 is 1.35 bits per heavy atom. The first-order valence-corrected chi connectivity index (χ1v) is 9.59. The lowest BCUT2D eigenvalue weighted by molar-refractivity contribution is -0.120. The van der Waals surface area contributed by atoms with E-state index in [0.717, 1.165) is 24.3 Å². The van der Waals surface area contributed by atoms with Gasteiger partial charge in [0, 0.05) is 25.8 Å². The van der Waals surface area contributed by atoms with Gasteiger partial charge in [0.15, 0.2) is 5.78 Å². The fraction of sp³-hybridized carbons (Fsp3) is 0.421. The number of ether oxygens (including phenoxy) is 1. The minimum atomic E-state index is -0.0490. The quantitative estimate of drug-likeness (QED) is 0.753. The zero-order valence-electron chi connectivity index (χ0n) is 14.8. The van der Waals surface area contributed by atoms with E-state index in [1.807, 2.05) is 23.6 Å². The van der Waals surface area contributed by atoms with Gasteiger partial charge in [0.25, 0.3) is 0 Å². The zero-order chi connectivity index (χ0) is 18.4. The maximum Gasteiger partial charge on any atom is 0.224 e. The number of aromatic nitrogens is 1. The third-order valence-electron chi connectivity index (χ3n) is 4.37. The molecule has 1 aliphatic heterocycles. The highest BCUT2D eigenvalue weighted by Gasteiger charge is 2.24. The van der Waals surface area contributed by atoms with E-state index in [0.29, 0.717) is 24.6 Å². The molecule has 2 aromatic rings. The van der Waals surface area contributed by atoms with Gasteiger partial charge in [0.2, 0.25) is 5.91 Å². The van der Waals surface area contributed by atoms with E-state index >= 15 is 0 Å². The van der Waals surface area contributed by atoms with Crippen molar-refractivity contribution < 1.29 is 14.3 Å². The summed E-state index contributed by atoms with van der Waals surface area (Å²) in [6.45, 7) is 5.07. The second-order valence-corrected chi connectivity index (χ2v) is 7.19. The van der Waals surface area contributed by atoms with E-state index < -0.39 is 0 Å². The van der Waals surface area contributed by atoms with E-state index in [-0.39, 0.29) is 24.2 Å². The predicted molar refractivity (Wildman–Crippen MR) is 100 cm³/mol. The average molecular weight is 373 g/mol. The number of hydrogen-bond acceptors (Lipinski definition) is 6. The van der Waals surface area contributed by atoms with Gasteiger partial charge in [0.05, 0.1) is 36.2 Å². The SMILES string of the molecule is CC(=O)c1cc(CC(=O)NC[C@@H](c2ccccn2)N2CCOCC2)cs1. The lowest BCUT2D eigenvalue weighted by Gasteiger charge is -2.34. The van der Waals surface area contributed by atoms with Crippen LogP contribution in [0.3, 0.4) is 0 Å². The van der Waals surface area contributed by atoms with E-state index in [9.17, 15) is 9.59 Å². The van der Waals surface area contributed by atoms with Gasteiger partial charge in [-0.2, -0.15) is 0 Å². The Labute approximate surface area is 157 Å². The minimum absolute atomic E-state index is 0.0271. The summed E-state index contributed by atoms with van der Waals surface area (Å²) in [6.07, 6.45) is 2.06. The van der Waals surface area contributed by atoms with E-state index in [2.05, 4.69) is 15.2 Å². The van der Waals surface area contributed by atoms with Crippen molar-refractivity contribution in [2.45, 2.75) is 19.4 Å². The maximum atomic E-state index is 12.4. The summed E-state index contributed by atoms with van der Waals surface area (Å²) in [7, 11) is 0. The van der Waals surface area contributed by atoms with Gasteiger partial charge >= 0.3 is 0 Å². The highest BCUT2D eigenvalue weighted by atomic mass is 32.1. The number of carbonyl (C=O) groups is 2. The predicted octanol–water partition coefficient (Wildman–Crippen LogP) is 2.08. The summed E-state index contributed by atoms with van der Waals surface area (Å²) in [5, 5.41) is 4.89. The lowest BCUT2D eigenvalue weighted by atomic mass is 10.1. The molecule has 0 aliphatic carbocycles. The number of Topliss-reactive ketones (excluding diaryl/α,β-unsaturated/α-hetero) is 1. The normalized spacial score (nSPS) is 16.2. The first kappa shape index (κ1) is 18.7. The monoisotopic (exact) mass is 373 g/mol. The molecule has 0 aromatic carbocycles. The molecule has 1 fully saturated rings. The van der Waals surface area contributed by atoms with Crippen LogP contribution in [0.25, 0.3) is 0 Å². The van der Waals surface area contributed by atoms with Crippen molar-refractivity contribution in [1.82, 2.24) is 15.2 Å². The molecule has 138 valence electrons. The maximum absolute atomic E-state index is 12.4. The Balaban J connectivity index is 1.61. The van der Waals surface area contributed by atoms with Crippen LogP contribution in [0.2, 0.25) is 0 Å². The zero-order valence-corrected chi connectivity index (χ0v) is 15.6. The van der Waals surface area contributed by atoms with E-state index in [4.69, 9.17) is 4.74 Å². The molecule has 1 N–H and O–H groups in total. The number of amides is 1. The first-order chi connectivity index (χ1) is 12.6. The smallest absolute Gasteiger partial charge is 0.224 e. The molecule has 0 radical (unpaired) electrons. The molecular formula is C19H23N3O3S. The Bertz CT molecular complexity index is 741. The number of rotatable bonds is 7. The summed E-state index contributed by atoms with van der Waals surface area (Å²) >= 11 is 1.38. The number of thiophene rings is 1. The van der Waals surface area contributed by atoms with Gasteiger partial charge in [-0.25, -0.2) is 0 Å². The molecule has 0 saturated carbocycles. The Morgan fingerprint density at radius 3 is 2.81 bits per heavy atom. The van der Waals surface area contributed by atoms with Crippen molar-refractivity contribution in [3.8, 4) is 0 Å². The number of nitrogens with one attached hydrogen (secondary N) is 1. The van der Waals surface area contributed by atoms with Gasteiger partial charge in [-0.1, -0.05) is 6.07 Å². The lowest BCUT2D eigenvalue weighted by Crippen LogP contribution is -2.44. The molecule has 1 aliphatic rings. The summed E-state index contributed by atoms with van der Waals surface area (Å²) < 4.78 is 5.44. The van der Waals surface area contributed by atoms with Gasteiger partial charge in [-0.3, -0.25) is 19.5 Å². The number of morpholine rings is 1. The standard InChI is InChI=1S/C19H23N3O3S/c1-14(23)18-10-15(13-26-18)11-19(24)21-12-17(16-4-2-3-5-20-16)22-6-8-25-9-7-22/h2-5,10,13,17H,6-9,11-12H2,1H3,(H,21,24)/t17-/m0/s1. The van der Waals surface area contributed by atoms with Gasteiger partial charge in [-0.05, 0) is 36.1 Å². The highest BCUT2D eigenvalue weighted by Crippen LogP contribution is 2.20. The largest absolute Gasteiger partial charge is 0.379 e. The van der Waals surface area contributed by atoms with Gasteiger partial charge < -0.3 is 10.1 Å². The first-order valence-electron chi connectivity index (χ1n) is 8.71. The van der Waals surface area contributed by atoms with Crippen molar-refractivity contribution in [3.63, 3.8) is 0 Å². The van der Waals surface area contributed by atoms with E-state index in [1.54, 1.807) is 12.3 Å². The molecule has 0 spiro atoms. The molecular weight excluding hydrogens is 350 g/mol. The van der Waals surface area contributed by atoms with E-state index in [1.165, 1.54) is 18.3 Å². The molecule has 7 heteroatoms. The Morgan fingerprint density at radius 2 is 2.15 bits per heavy atom. The second kappa shape index (κ2) is 9.02. The number of pyridine rings is 1. The third-order valence-corrected chi connectivity index (χ3v) is 5.45. The highest BCUT2D eigenvalue weighted by molar-refractivity contribution is 7.12. The van der Waals surface area contributed by atoms with Crippen molar-refractivity contribution in [1.29, 1.82) is 0 Å². The van der Waals surface area contributed by atoms with Gasteiger partial charge in [-0.15, -0.1) is 11.3 Å². The minimum Gasteiger partial charge on any atom is -0.379 e. The van der Waals surface area contributed by atoms with Crippen molar-refractivity contribution >= 4 is 23.0 Å². The van der Waals surface area contributed by atoms with Gasteiger partial charge in [0.1, 0.15) is 0 Å². The van der Waals surface area contributed by atoms with Crippen LogP contribution < -0.4 is 5.32 Å². The average Bonchev–Trinajstić information content (AvgIpc) is 3.12. The molecule has 2 aromatic heterocycles. The van der Waals surface area contributed by atoms with Crippen LogP contribution in [0.4, 0.5) is 0 Å². The Hall–Kier alpha value is -2.09. The summed E-state index contributed by atoms with van der Waals surface area (Å²) in [4.78, 5) is 31.2. The van der Waals surface area contributed by atoms with Crippen molar-refractivity contribution in [3.05, 3.63) is 52.0 Å². The number of nitrogens with zero attached hydrogens (tertiary/aromatic N) is 2. The molecule has 6 nitrogen and oxygen atoms in total. The molecule has 0 unspecified atom stereocenters. The van der Waals surface area contributed by atoms with Crippen molar-refractivity contribution in [2.75, 3.05) is 32.8 Å². The van der Waals surface area contributed by atoms with Crippen LogP contribution in [0.1, 0.15) is 33.9 Å². The molecule has 1 amide bonds. The number of ketones is 1. The summed E-state index contributed by atoms with van der Waals surface area (Å²) in [5.41, 5.74) is 1.82. The van der Waals surface area contributed by atoms with Crippen LogP contribution in [-0.2, 0) is 16.0 Å². The van der Waals surface area contributed by atoms with Crippen LogP contribution in [0.15, 0.2) is 35.8 Å². The molecule has 3 heterocycles. The number of hydrogen-bond donors (Lipinski definition) is 1. The number of carbonyl (C=O) groups excluding carboxylic acids is 2. The summed E-state index contributed by atoms with van der Waals surface area (Å²) in [6, 6.07) is 7.67. The third kappa shape index (κ3) is 4.97. The fourth-order valence-corrected chi connectivity index (χ4v) is 3.81. The fourth-order valence-electron chi connectivity index (χ4n) is 2.99. The van der Waals surface area contributed by atoms with Crippen LogP contribution in [-0.4, -0.2) is 54.4 Å². The Kier molecular flexibility index (Phi) is 6.49. The van der Waals surface area contributed by atoms with Crippen LogP contribution >= 0.6 is 11.3 Å². The molecule has 3 rings (SSSR count).